The van der Waals surface area contributed by atoms with Crippen molar-refractivity contribution >= 4 is 34.5 Å². The van der Waals surface area contributed by atoms with Crippen molar-refractivity contribution < 1.29 is 13.2 Å². The zero-order chi connectivity index (χ0) is 22.0. The molecule has 0 radical (unpaired) electrons. The first-order valence-electron chi connectivity index (χ1n) is 9.62. The van der Waals surface area contributed by atoms with Gasteiger partial charge in [0, 0.05) is 42.2 Å². The molecule has 2 heterocycles. The molecule has 6 nitrogen and oxygen atoms in total. The molecule has 3 aromatic rings. The molecule has 1 aliphatic heterocycles. The summed E-state index contributed by atoms with van der Waals surface area (Å²) in [6.07, 6.45) is -2.95. The number of alkyl halides is 3. The molecule has 4 rings (SSSR count). The van der Waals surface area contributed by atoms with E-state index in [-0.39, 0.29) is 29.3 Å². The monoisotopic (exact) mass is 448 g/mol. The van der Waals surface area contributed by atoms with E-state index in [0.717, 1.165) is 17.6 Å². The molecule has 1 aliphatic rings. The smallest absolute Gasteiger partial charge is 0.374 e. The highest BCUT2D eigenvalue weighted by molar-refractivity contribution is 7.99. The van der Waals surface area contributed by atoms with Gasteiger partial charge in [0.1, 0.15) is 11.4 Å². The molecule has 1 saturated heterocycles. The number of nitrogens with one attached hydrogen (secondary N) is 2. The molecule has 0 aliphatic carbocycles. The summed E-state index contributed by atoms with van der Waals surface area (Å²) in [4.78, 5) is 29.8. The van der Waals surface area contributed by atoms with Crippen molar-refractivity contribution in [1.29, 1.82) is 0 Å². The second kappa shape index (κ2) is 8.62. The van der Waals surface area contributed by atoms with E-state index in [1.807, 2.05) is 0 Å². The van der Waals surface area contributed by atoms with Crippen LogP contribution in [0.15, 0.2) is 52.2 Å². The van der Waals surface area contributed by atoms with Crippen molar-refractivity contribution in [2.75, 3.05) is 40.1 Å². The summed E-state index contributed by atoms with van der Waals surface area (Å²) in [5.74, 6) is 1.54. The molecule has 0 unspecified atom stereocenters. The molecule has 10 heteroatoms. The van der Waals surface area contributed by atoms with Crippen LogP contribution < -0.4 is 26.4 Å². The summed E-state index contributed by atoms with van der Waals surface area (Å²) < 4.78 is 41.2. The molecule has 0 saturated carbocycles. The quantitative estimate of drug-likeness (QED) is 0.558. The summed E-state index contributed by atoms with van der Waals surface area (Å²) in [5.41, 5.74) is -1.38. The average Bonchev–Trinajstić information content (AvgIpc) is 2.78. The van der Waals surface area contributed by atoms with Gasteiger partial charge in [-0.25, -0.2) is 0 Å². The molecule has 0 bridgehead atoms. The summed E-state index contributed by atoms with van der Waals surface area (Å²) in [6.45, 7) is 1.29. The topological polar surface area (TPSA) is 74.3 Å². The molecule has 31 heavy (non-hydrogen) atoms. The molecule has 0 spiro atoms. The molecule has 2 N–H and O–H groups in total. The van der Waals surface area contributed by atoms with Crippen LogP contribution in [0, 0.1) is 0 Å². The van der Waals surface area contributed by atoms with Crippen molar-refractivity contribution in [3.63, 3.8) is 0 Å². The zero-order valence-corrected chi connectivity index (χ0v) is 17.1. The van der Waals surface area contributed by atoms with E-state index in [1.165, 1.54) is 12.1 Å². The maximum atomic E-state index is 13.7. The lowest BCUT2D eigenvalue weighted by Crippen LogP contribution is -2.36. The van der Waals surface area contributed by atoms with Crippen LogP contribution in [0.25, 0.3) is 0 Å². The van der Waals surface area contributed by atoms with Crippen molar-refractivity contribution in [1.82, 2.24) is 4.98 Å². The van der Waals surface area contributed by atoms with E-state index >= 15 is 0 Å². The van der Waals surface area contributed by atoms with Crippen LogP contribution in [0.2, 0.25) is 0 Å². The van der Waals surface area contributed by atoms with Gasteiger partial charge in [0.2, 0.25) is 0 Å². The van der Waals surface area contributed by atoms with Crippen molar-refractivity contribution in [3.8, 4) is 0 Å². The SMILES string of the molecule is O=c1c(NCc2ccccn2)c(Nc2ccc(N3CCSCC3)c(C(F)(F)F)c2)c1=O. The first-order chi connectivity index (χ1) is 14.8. The van der Waals surface area contributed by atoms with Gasteiger partial charge in [-0.2, -0.15) is 24.9 Å². The number of nitrogens with zero attached hydrogens (tertiary/aromatic N) is 2. The number of hydrogen-bond donors (Lipinski definition) is 2. The second-order valence-corrected chi connectivity index (χ2v) is 8.26. The lowest BCUT2D eigenvalue weighted by atomic mass is 10.1. The Balaban J connectivity index is 1.58. The Hall–Kier alpha value is -3.01. The van der Waals surface area contributed by atoms with Gasteiger partial charge >= 0.3 is 6.18 Å². The highest BCUT2D eigenvalue weighted by Crippen LogP contribution is 2.39. The molecule has 0 atom stereocenters. The predicted molar refractivity (Wildman–Crippen MR) is 117 cm³/mol. The van der Waals surface area contributed by atoms with E-state index in [0.29, 0.717) is 18.8 Å². The van der Waals surface area contributed by atoms with Crippen LogP contribution in [0.1, 0.15) is 11.3 Å². The number of pyridine rings is 1. The van der Waals surface area contributed by atoms with Crippen LogP contribution in [0.3, 0.4) is 0 Å². The maximum Gasteiger partial charge on any atom is 0.418 e. The fourth-order valence-corrected chi connectivity index (χ4v) is 4.33. The minimum absolute atomic E-state index is 0.0429. The number of halogens is 3. The maximum absolute atomic E-state index is 13.7. The fourth-order valence-electron chi connectivity index (χ4n) is 3.43. The lowest BCUT2D eigenvalue weighted by Gasteiger charge is -2.31. The first-order valence-corrected chi connectivity index (χ1v) is 10.8. The standard InChI is InChI=1S/C21H19F3N4O2S/c22-21(23,24)15-11-13(4-5-16(15)28-7-9-31-10-8-28)27-18-17(19(29)20(18)30)26-12-14-3-1-2-6-25-14/h1-6,11,26-27H,7-10,12H2. The molecule has 1 aromatic heterocycles. The molecular weight excluding hydrogens is 429 g/mol. The van der Waals surface area contributed by atoms with E-state index < -0.39 is 22.6 Å². The Labute approximate surface area is 180 Å². The Morgan fingerprint density at radius 2 is 1.77 bits per heavy atom. The van der Waals surface area contributed by atoms with Crippen LogP contribution in [0.5, 0.6) is 0 Å². The number of anilines is 4. The Morgan fingerprint density at radius 1 is 1.03 bits per heavy atom. The van der Waals surface area contributed by atoms with E-state index in [9.17, 15) is 22.8 Å². The van der Waals surface area contributed by atoms with E-state index in [1.54, 1.807) is 41.1 Å². The molecule has 162 valence electrons. The third-order valence-corrected chi connectivity index (χ3v) is 5.95. The first kappa shape index (κ1) is 21.2. The normalized spacial score (nSPS) is 14.6. The predicted octanol–water partition coefficient (Wildman–Crippen LogP) is 3.61. The van der Waals surface area contributed by atoms with Crippen LogP contribution in [-0.4, -0.2) is 29.6 Å². The number of rotatable bonds is 6. The summed E-state index contributed by atoms with van der Waals surface area (Å²) >= 11 is 1.71. The third kappa shape index (κ3) is 4.53. The van der Waals surface area contributed by atoms with Crippen molar-refractivity contribution in [2.45, 2.75) is 12.7 Å². The minimum Gasteiger partial charge on any atom is -0.374 e. The molecule has 2 aromatic carbocycles. The van der Waals surface area contributed by atoms with Gasteiger partial charge in [-0.15, -0.1) is 0 Å². The molecule has 1 fully saturated rings. The molecule has 0 amide bonds. The summed E-state index contributed by atoms with van der Waals surface area (Å²) in [5, 5.41) is 5.54. The van der Waals surface area contributed by atoms with Crippen LogP contribution in [0.4, 0.5) is 35.9 Å². The van der Waals surface area contributed by atoms with Gasteiger partial charge in [-0.05, 0) is 30.3 Å². The van der Waals surface area contributed by atoms with Gasteiger partial charge in [0.05, 0.1) is 17.8 Å². The number of benzene rings is 1. The largest absolute Gasteiger partial charge is 0.418 e. The molecular formula is C21H19F3N4O2S. The van der Waals surface area contributed by atoms with E-state index in [2.05, 4.69) is 15.6 Å². The Kier molecular flexibility index (Phi) is 5.90. The van der Waals surface area contributed by atoms with Gasteiger partial charge in [0.15, 0.2) is 0 Å². The van der Waals surface area contributed by atoms with Crippen LogP contribution >= 0.6 is 11.8 Å². The van der Waals surface area contributed by atoms with Crippen molar-refractivity contribution in [2.24, 2.45) is 0 Å². The number of thioether (sulfide) groups is 1. The highest BCUT2D eigenvalue weighted by atomic mass is 32.2. The summed E-state index contributed by atoms with van der Waals surface area (Å²) in [7, 11) is 0. The Bertz CT molecular complexity index is 1140. The average molecular weight is 448 g/mol. The zero-order valence-electron chi connectivity index (χ0n) is 16.3. The van der Waals surface area contributed by atoms with E-state index in [4.69, 9.17) is 0 Å². The highest BCUT2D eigenvalue weighted by Gasteiger charge is 2.36. The second-order valence-electron chi connectivity index (χ2n) is 7.04. The van der Waals surface area contributed by atoms with Gasteiger partial charge < -0.3 is 15.5 Å². The Morgan fingerprint density at radius 3 is 2.45 bits per heavy atom. The van der Waals surface area contributed by atoms with Crippen LogP contribution in [-0.2, 0) is 12.7 Å². The number of aromatic nitrogens is 1. The minimum atomic E-state index is -4.55. The van der Waals surface area contributed by atoms with Gasteiger partial charge in [-0.3, -0.25) is 14.6 Å². The summed E-state index contributed by atoms with van der Waals surface area (Å²) in [6, 6.07) is 9.17. The lowest BCUT2D eigenvalue weighted by molar-refractivity contribution is -0.137. The number of hydrogen-bond acceptors (Lipinski definition) is 7. The third-order valence-electron chi connectivity index (χ3n) is 5.01. The van der Waals surface area contributed by atoms with Gasteiger partial charge in [-0.1, -0.05) is 6.07 Å². The van der Waals surface area contributed by atoms with Crippen molar-refractivity contribution in [3.05, 3.63) is 74.3 Å². The van der Waals surface area contributed by atoms with Gasteiger partial charge in [0.25, 0.3) is 10.9 Å². The fraction of sp³-hybridized carbons (Fsp3) is 0.286.